The first-order valence-electron chi connectivity index (χ1n) is 5.31. The quantitative estimate of drug-likeness (QED) is 0.640. The van der Waals surface area contributed by atoms with Crippen molar-refractivity contribution >= 4 is 11.0 Å². The zero-order chi connectivity index (χ0) is 11.8. The third-order valence-electron chi connectivity index (χ3n) is 2.76. The molecule has 2 aromatic heterocycles. The fraction of sp³-hybridized carbons (Fsp3) is 0.0769. The molecule has 3 rings (SSSR count). The smallest absolute Gasteiger partial charge is 0.163 e. The van der Waals surface area contributed by atoms with Crippen LogP contribution in [0.1, 0.15) is 5.56 Å². The first-order valence-corrected chi connectivity index (χ1v) is 5.31. The highest BCUT2D eigenvalue weighted by Crippen LogP contribution is 2.18. The summed E-state index contributed by atoms with van der Waals surface area (Å²) in [6.07, 6.45) is 3.53. The number of hydrogen-bond acceptors (Lipinski definition) is 2. The van der Waals surface area contributed by atoms with E-state index in [-0.39, 0.29) is 5.82 Å². The van der Waals surface area contributed by atoms with Crippen molar-refractivity contribution in [3.63, 3.8) is 0 Å². The monoisotopic (exact) mass is 227 g/mol. The van der Waals surface area contributed by atoms with Gasteiger partial charge in [0.15, 0.2) is 5.65 Å². The predicted octanol–water partition coefficient (Wildman–Crippen LogP) is 2.87. The number of pyridine rings is 1. The first kappa shape index (κ1) is 9.96. The summed E-state index contributed by atoms with van der Waals surface area (Å²) < 4.78 is 14.6. The van der Waals surface area contributed by atoms with Gasteiger partial charge in [0.25, 0.3) is 0 Å². The van der Waals surface area contributed by atoms with Crippen molar-refractivity contribution < 1.29 is 4.39 Å². The van der Waals surface area contributed by atoms with Gasteiger partial charge in [0.05, 0.1) is 11.9 Å². The fourth-order valence-corrected chi connectivity index (χ4v) is 1.83. The molecule has 0 aliphatic rings. The number of aromatic nitrogens is 3. The van der Waals surface area contributed by atoms with Gasteiger partial charge in [-0.1, -0.05) is 0 Å². The minimum absolute atomic E-state index is 0.255. The molecule has 2 heterocycles. The lowest BCUT2D eigenvalue weighted by Crippen LogP contribution is -1.97. The highest BCUT2D eigenvalue weighted by atomic mass is 19.1. The minimum Gasteiger partial charge on any atom is -0.237 e. The molecule has 0 atom stereocenters. The number of halogens is 1. The van der Waals surface area contributed by atoms with Gasteiger partial charge >= 0.3 is 0 Å². The Balaban J connectivity index is 2.24. The normalized spacial score (nSPS) is 10.9. The van der Waals surface area contributed by atoms with E-state index in [1.807, 2.05) is 13.0 Å². The lowest BCUT2D eigenvalue weighted by atomic mass is 10.2. The van der Waals surface area contributed by atoms with Crippen LogP contribution < -0.4 is 0 Å². The van der Waals surface area contributed by atoms with Gasteiger partial charge in [-0.05, 0) is 42.8 Å². The molecule has 3 aromatic rings. The molecule has 0 N–H and O–H groups in total. The summed E-state index contributed by atoms with van der Waals surface area (Å²) in [5.74, 6) is -0.255. The fourth-order valence-electron chi connectivity index (χ4n) is 1.83. The molecule has 0 saturated carbocycles. The molecular weight excluding hydrogens is 217 g/mol. The van der Waals surface area contributed by atoms with Crippen LogP contribution in [0.3, 0.4) is 0 Å². The molecule has 0 saturated heterocycles. The summed E-state index contributed by atoms with van der Waals surface area (Å²) in [6, 6.07) is 8.15. The van der Waals surface area contributed by atoms with Crippen LogP contribution in [0.25, 0.3) is 16.7 Å². The molecule has 0 spiro atoms. The molecule has 0 aliphatic carbocycles. The molecule has 0 amide bonds. The van der Waals surface area contributed by atoms with Crippen LogP contribution in [0.15, 0.2) is 42.7 Å². The zero-order valence-corrected chi connectivity index (χ0v) is 9.26. The maximum absolute atomic E-state index is 12.9. The van der Waals surface area contributed by atoms with Crippen molar-refractivity contribution in [2.75, 3.05) is 0 Å². The largest absolute Gasteiger partial charge is 0.237 e. The molecule has 0 fully saturated rings. The Kier molecular flexibility index (Phi) is 2.14. The molecule has 4 heteroatoms. The second-order valence-electron chi connectivity index (χ2n) is 3.90. The number of rotatable bonds is 1. The van der Waals surface area contributed by atoms with Crippen molar-refractivity contribution in [1.82, 2.24) is 14.8 Å². The first-order chi connectivity index (χ1) is 8.25. The van der Waals surface area contributed by atoms with E-state index in [1.54, 1.807) is 29.2 Å². The van der Waals surface area contributed by atoms with E-state index in [0.29, 0.717) is 0 Å². The Labute approximate surface area is 97.5 Å². The van der Waals surface area contributed by atoms with Gasteiger partial charge in [0.2, 0.25) is 0 Å². The van der Waals surface area contributed by atoms with E-state index >= 15 is 0 Å². The van der Waals surface area contributed by atoms with Gasteiger partial charge in [0, 0.05) is 11.6 Å². The topological polar surface area (TPSA) is 30.7 Å². The van der Waals surface area contributed by atoms with Crippen molar-refractivity contribution in [2.24, 2.45) is 0 Å². The van der Waals surface area contributed by atoms with Crippen molar-refractivity contribution in [1.29, 1.82) is 0 Å². The van der Waals surface area contributed by atoms with Crippen LogP contribution in [-0.2, 0) is 0 Å². The third-order valence-corrected chi connectivity index (χ3v) is 2.76. The van der Waals surface area contributed by atoms with E-state index in [1.165, 1.54) is 12.1 Å². The average molecular weight is 227 g/mol. The number of aryl methyl sites for hydroxylation is 1. The summed E-state index contributed by atoms with van der Waals surface area (Å²) in [5.41, 5.74) is 2.72. The number of hydrogen-bond donors (Lipinski definition) is 0. The molecule has 0 aliphatic heterocycles. The molecule has 3 nitrogen and oxygen atoms in total. The van der Waals surface area contributed by atoms with Crippen LogP contribution in [0.5, 0.6) is 0 Å². The van der Waals surface area contributed by atoms with Crippen molar-refractivity contribution in [3.8, 4) is 5.69 Å². The van der Waals surface area contributed by atoms with E-state index in [4.69, 9.17) is 0 Å². The lowest BCUT2D eigenvalue weighted by molar-refractivity contribution is 0.627. The second kappa shape index (κ2) is 3.66. The summed E-state index contributed by atoms with van der Waals surface area (Å²) >= 11 is 0. The van der Waals surface area contributed by atoms with Crippen LogP contribution in [-0.4, -0.2) is 14.8 Å². The molecule has 1 aromatic carbocycles. The Morgan fingerprint density at radius 2 is 1.88 bits per heavy atom. The maximum atomic E-state index is 12.9. The Morgan fingerprint density at radius 3 is 2.65 bits per heavy atom. The average Bonchev–Trinajstić information content (AvgIpc) is 2.75. The summed E-state index contributed by atoms with van der Waals surface area (Å²) in [5, 5.41) is 5.30. The molecule has 0 radical (unpaired) electrons. The van der Waals surface area contributed by atoms with Crippen LogP contribution in [0.2, 0.25) is 0 Å². The third kappa shape index (κ3) is 1.58. The van der Waals surface area contributed by atoms with Gasteiger partial charge in [-0.3, -0.25) is 0 Å². The second-order valence-corrected chi connectivity index (χ2v) is 3.90. The number of benzene rings is 1. The highest BCUT2D eigenvalue weighted by Gasteiger charge is 2.07. The van der Waals surface area contributed by atoms with E-state index in [9.17, 15) is 4.39 Å². The number of nitrogens with zero attached hydrogens (tertiary/aromatic N) is 3. The molecule has 84 valence electrons. The highest BCUT2D eigenvalue weighted by molar-refractivity contribution is 5.79. The molecular formula is C13H10FN3. The summed E-state index contributed by atoms with van der Waals surface area (Å²) in [6.45, 7) is 2.01. The zero-order valence-electron chi connectivity index (χ0n) is 9.26. The predicted molar refractivity (Wildman–Crippen MR) is 63.6 cm³/mol. The molecule has 0 bridgehead atoms. The van der Waals surface area contributed by atoms with E-state index in [0.717, 1.165) is 22.3 Å². The lowest BCUT2D eigenvalue weighted by Gasteiger charge is -2.02. The van der Waals surface area contributed by atoms with Gasteiger partial charge in [-0.15, -0.1) is 0 Å². The van der Waals surface area contributed by atoms with Gasteiger partial charge in [-0.2, -0.15) is 5.10 Å². The maximum Gasteiger partial charge on any atom is 0.163 e. The molecule has 0 unspecified atom stereocenters. The van der Waals surface area contributed by atoms with Gasteiger partial charge < -0.3 is 0 Å². The van der Waals surface area contributed by atoms with Crippen LogP contribution in [0.4, 0.5) is 4.39 Å². The van der Waals surface area contributed by atoms with Crippen LogP contribution >= 0.6 is 0 Å². The van der Waals surface area contributed by atoms with Crippen molar-refractivity contribution in [2.45, 2.75) is 6.92 Å². The SMILES string of the molecule is Cc1ccnc2c1cnn2-c1ccc(F)cc1. The van der Waals surface area contributed by atoms with Gasteiger partial charge in [0.1, 0.15) is 5.82 Å². The molecule has 17 heavy (non-hydrogen) atoms. The van der Waals surface area contributed by atoms with Gasteiger partial charge in [-0.25, -0.2) is 14.1 Å². The van der Waals surface area contributed by atoms with E-state index in [2.05, 4.69) is 10.1 Å². The summed E-state index contributed by atoms with van der Waals surface area (Å²) in [4.78, 5) is 4.31. The van der Waals surface area contributed by atoms with Crippen molar-refractivity contribution in [3.05, 3.63) is 54.1 Å². The Hall–Kier alpha value is -2.23. The Bertz CT molecular complexity index is 671. The standard InChI is InChI=1S/C13H10FN3/c1-9-6-7-15-13-12(9)8-16-17(13)11-4-2-10(14)3-5-11/h2-8H,1H3. The van der Waals surface area contributed by atoms with Crippen LogP contribution in [0, 0.1) is 12.7 Å². The Morgan fingerprint density at radius 1 is 1.12 bits per heavy atom. The van der Waals surface area contributed by atoms with E-state index < -0.39 is 0 Å². The number of fused-ring (bicyclic) bond motifs is 1. The minimum atomic E-state index is -0.255. The summed E-state index contributed by atoms with van der Waals surface area (Å²) in [7, 11) is 0.